The lowest BCUT2D eigenvalue weighted by Crippen LogP contribution is -2.38. The lowest BCUT2D eigenvalue weighted by molar-refractivity contribution is 0.0644. The number of fused-ring (bicyclic) bond motifs is 3. The summed E-state index contributed by atoms with van der Waals surface area (Å²) in [5.74, 6) is -0.499. The fourth-order valence-corrected chi connectivity index (χ4v) is 7.93. The molecule has 6 heterocycles. The molecule has 0 atom stereocenters. The third-order valence-electron chi connectivity index (χ3n) is 7.78. The fraction of sp³-hybridized carbons (Fsp3) is 0.241. The first-order valence-corrected chi connectivity index (χ1v) is 14.8. The number of pyridine rings is 1. The first-order valence-electron chi connectivity index (χ1n) is 12.7. The number of nitrogens with one attached hydrogen (secondary N) is 1. The van der Waals surface area contributed by atoms with E-state index in [1.807, 2.05) is 30.5 Å². The molecule has 0 unspecified atom stereocenters. The predicted octanol–water partition coefficient (Wildman–Crippen LogP) is 6.32. The van der Waals surface area contributed by atoms with Gasteiger partial charge in [0.05, 0.1) is 44.9 Å². The third kappa shape index (κ3) is 3.98. The molecule has 7 nitrogen and oxygen atoms in total. The summed E-state index contributed by atoms with van der Waals surface area (Å²) in [4.78, 5) is 32.5. The van der Waals surface area contributed by atoms with Crippen molar-refractivity contribution >= 4 is 67.2 Å². The lowest BCUT2D eigenvalue weighted by Gasteiger charge is -2.32. The quantitative estimate of drug-likeness (QED) is 0.249. The van der Waals surface area contributed by atoms with Crippen LogP contribution >= 0.6 is 34.3 Å². The van der Waals surface area contributed by atoms with Crippen LogP contribution in [0.25, 0.3) is 32.2 Å². The second-order valence-electron chi connectivity index (χ2n) is 10.2. The highest BCUT2D eigenvalue weighted by Gasteiger charge is 2.37. The highest BCUT2D eigenvalue weighted by Crippen LogP contribution is 2.41. The van der Waals surface area contributed by atoms with Crippen molar-refractivity contribution in [2.75, 3.05) is 13.1 Å². The van der Waals surface area contributed by atoms with Crippen LogP contribution in [0.3, 0.4) is 0 Å². The van der Waals surface area contributed by atoms with Gasteiger partial charge in [0.25, 0.3) is 11.8 Å². The summed E-state index contributed by atoms with van der Waals surface area (Å²) in [7, 11) is 0. The van der Waals surface area contributed by atoms with E-state index in [9.17, 15) is 14.9 Å². The molecule has 5 aromatic rings. The highest BCUT2D eigenvalue weighted by molar-refractivity contribution is 7.19. The first kappa shape index (κ1) is 24.5. The molecule has 1 N–H and O–H groups in total. The van der Waals surface area contributed by atoms with E-state index in [4.69, 9.17) is 11.6 Å². The Balaban J connectivity index is 1.30. The summed E-state index contributed by atoms with van der Waals surface area (Å²) in [6.07, 6.45) is 5.44. The van der Waals surface area contributed by atoms with Crippen LogP contribution in [-0.2, 0) is 13.1 Å². The Kier molecular flexibility index (Phi) is 5.83. The SMILES string of the molecule is N#CC1(Cn2ccc3cc(Cl)cc(-c4ccnc5cc(CN6C(=O)c7cscc7C6=O)sc45)c32)CCNCC1. The summed E-state index contributed by atoms with van der Waals surface area (Å²) in [5, 5.41) is 18.6. The summed E-state index contributed by atoms with van der Waals surface area (Å²) < 4.78 is 3.16. The van der Waals surface area contributed by atoms with Crippen LogP contribution < -0.4 is 5.32 Å². The standard InChI is InChI=1S/C29H22ClN5O2S2/c30-18-9-17-2-8-34(16-29(15-31)3-6-32-7-4-29)25(17)21(10-18)20-1-5-33-24-11-19(39-26(20)24)12-35-27(36)22-13-38-14-23(22)28(35)37/h1-2,5,8-11,13-14,32H,3-4,6-7,12,16H2. The van der Waals surface area contributed by atoms with Gasteiger partial charge in [-0.3, -0.25) is 19.5 Å². The number of amides is 2. The molecule has 7 rings (SSSR count). The minimum Gasteiger partial charge on any atom is -0.345 e. The second-order valence-corrected chi connectivity index (χ2v) is 12.5. The Morgan fingerprint density at radius 3 is 2.56 bits per heavy atom. The molecule has 2 aliphatic rings. The predicted molar refractivity (Wildman–Crippen MR) is 154 cm³/mol. The van der Waals surface area contributed by atoms with Crippen molar-refractivity contribution in [3.63, 3.8) is 0 Å². The van der Waals surface area contributed by atoms with Gasteiger partial charge in [0, 0.05) is 56.1 Å². The van der Waals surface area contributed by atoms with Crippen LogP contribution in [0.5, 0.6) is 0 Å². The zero-order chi connectivity index (χ0) is 26.7. The van der Waals surface area contributed by atoms with Gasteiger partial charge in [-0.25, -0.2) is 0 Å². The minimum absolute atomic E-state index is 0.206. The van der Waals surface area contributed by atoms with Crippen molar-refractivity contribution in [2.24, 2.45) is 5.41 Å². The number of halogens is 1. The van der Waals surface area contributed by atoms with Gasteiger partial charge in [0.15, 0.2) is 0 Å². The number of carbonyl (C=O) groups excluding carboxylic acids is 2. The van der Waals surface area contributed by atoms with E-state index in [2.05, 4.69) is 27.0 Å². The van der Waals surface area contributed by atoms with Gasteiger partial charge in [-0.2, -0.15) is 16.6 Å². The van der Waals surface area contributed by atoms with E-state index in [1.165, 1.54) is 27.6 Å². The van der Waals surface area contributed by atoms with Gasteiger partial charge >= 0.3 is 0 Å². The maximum absolute atomic E-state index is 12.8. The van der Waals surface area contributed by atoms with Crippen molar-refractivity contribution < 1.29 is 9.59 Å². The van der Waals surface area contributed by atoms with Crippen molar-refractivity contribution in [3.8, 4) is 17.2 Å². The minimum atomic E-state index is -0.422. The Hall–Kier alpha value is -3.55. The molecule has 1 fully saturated rings. The number of hydrogen-bond donors (Lipinski definition) is 1. The van der Waals surface area contributed by atoms with Crippen LogP contribution in [0.4, 0.5) is 0 Å². The molecule has 0 radical (unpaired) electrons. The number of aromatic nitrogens is 2. The van der Waals surface area contributed by atoms with Gasteiger partial charge in [-0.05, 0) is 56.3 Å². The zero-order valence-electron chi connectivity index (χ0n) is 20.7. The fourth-order valence-electron chi connectivity index (χ4n) is 5.77. The third-order valence-corrected chi connectivity index (χ3v) is 9.88. The monoisotopic (exact) mass is 571 g/mol. The summed E-state index contributed by atoms with van der Waals surface area (Å²) in [6.45, 7) is 2.49. The normalized spacial score (nSPS) is 16.8. The van der Waals surface area contributed by atoms with E-state index in [0.29, 0.717) is 22.7 Å². The van der Waals surface area contributed by atoms with Crippen molar-refractivity contribution in [2.45, 2.75) is 25.9 Å². The molecule has 0 aliphatic carbocycles. The highest BCUT2D eigenvalue weighted by atomic mass is 35.5. The van der Waals surface area contributed by atoms with Crippen molar-refractivity contribution in [3.05, 3.63) is 74.5 Å². The molecule has 194 valence electrons. The molecule has 10 heteroatoms. The van der Waals surface area contributed by atoms with E-state index in [-0.39, 0.29) is 18.4 Å². The average Bonchev–Trinajstić information content (AvgIpc) is 3.72. The number of piperidine rings is 1. The van der Waals surface area contributed by atoms with Crippen LogP contribution in [0.2, 0.25) is 5.02 Å². The maximum atomic E-state index is 12.8. The molecule has 1 aromatic carbocycles. The number of thiophene rings is 2. The van der Waals surface area contributed by atoms with Crippen molar-refractivity contribution in [1.82, 2.24) is 19.8 Å². The number of imide groups is 1. The Bertz CT molecular complexity index is 1810. The van der Waals surface area contributed by atoms with Gasteiger partial charge in [0.1, 0.15) is 0 Å². The summed E-state index contributed by atoms with van der Waals surface area (Å²) in [5.41, 5.74) is 4.34. The number of nitriles is 1. The molecular weight excluding hydrogens is 550 g/mol. The molecule has 2 aliphatic heterocycles. The average molecular weight is 572 g/mol. The van der Waals surface area contributed by atoms with Gasteiger partial charge in [-0.15, -0.1) is 11.3 Å². The molecule has 39 heavy (non-hydrogen) atoms. The number of carbonyl (C=O) groups is 2. The van der Waals surface area contributed by atoms with Crippen molar-refractivity contribution in [1.29, 1.82) is 5.26 Å². The number of nitrogens with zero attached hydrogens (tertiary/aromatic N) is 4. The topological polar surface area (TPSA) is 91.0 Å². The lowest BCUT2D eigenvalue weighted by atomic mass is 9.80. The number of rotatable bonds is 5. The van der Waals surface area contributed by atoms with E-state index < -0.39 is 5.41 Å². The molecule has 2 amide bonds. The zero-order valence-corrected chi connectivity index (χ0v) is 23.1. The number of hydrogen-bond acceptors (Lipinski definition) is 7. The first-order chi connectivity index (χ1) is 19.0. The summed E-state index contributed by atoms with van der Waals surface area (Å²) >= 11 is 9.50. The van der Waals surface area contributed by atoms with Gasteiger partial charge in [-0.1, -0.05) is 11.6 Å². The van der Waals surface area contributed by atoms with Crippen LogP contribution in [0.1, 0.15) is 38.4 Å². The largest absolute Gasteiger partial charge is 0.345 e. The van der Waals surface area contributed by atoms with Crippen LogP contribution in [-0.4, -0.2) is 39.4 Å². The smallest absolute Gasteiger partial charge is 0.262 e. The van der Waals surface area contributed by atoms with Crippen LogP contribution in [0.15, 0.2) is 53.5 Å². The second kappa shape index (κ2) is 9.28. The number of benzene rings is 1. The van der Waals surface area contributed by atoms with E-state index in [0.717, 1.165) is 63.1 Å². The Labute approximate surface area is 237 Å². The molecular formula is C29H22ClN5O2S2. The Morgan fingerprint density at radius 2 is 1.82 bits per heavy atom. The Morgan fingerprint density at radius 1 is 1.05 bits per heavy atom. The van der Waals surface area contributed by atoms with Gasteiger partial charge in [0.2, 0.25) is 0 Å². The molecule has 0 spiro atoms. The van der Waals surface area contributed by atoms with Crippen LogP contribution in [0, 0.1) is 16.7 Å². The van der Waals surface area contributed by atoms with Gasteiger partial charge < -0.3 is 9.88 Å². The molecule has 0 saturated carbocycles. The molecule has 4 aromatic heterocycles. The maximum Gasteiger partial charge on any atom is 0.262 e. The summed E-state index contributed by atoms with van der Waals surface area (Å²) in [6, 6.07) is 12.5. The molecule has 0 bridgehead atoms. The van der Waals surface area contributed by atoms with E-state index in [1.54, 1.807) is 17.0 Å². The van der Waals surface area contributed by atoms with E-state index >= 15 is 0 Å². The molecule has 1 saturated heterocycles.